The van der Waals surface area contributed by atoms with E-state index in [9.17, 15) is 21.6 Å². The molecule has 1 unspecified atom stereocenters. The molecule has 0 aromatic rings. The fraction of sp³-hybridized carbons (Fsp3) is 1.00. The summed E-state index contributed by atoms with van der Waals surface area (Å²) in [7, 11) is -2.71. The highest BCUT2D eigenvalue weighted by Gasteiger charge is 2.38. The molecule has 0 aliphatic carbocycles. The summed E-state index contributed by atoms with van der Waals surface area (Å²) >= 11 is 0. The normalized spacial score (nSPS) is 15.1. The van der Waals surface area contributed by atoms with Crippen molar-refractivity contribution in [2.45, 2.75) is 12.3 Å². The Bertz CT molecular complexity index is 293. The largest absolute Gasteiger partial charge is 0.415 e. The number of ether oxygens (including phenoxy) is 1. The third kappa shape index (κ3) is 6.95. The van der Waals surface area contributed by atoms with Gasteiger partial charge >= 0.3 is 6.18 Å². The molecule has 0 aliphatic rings. The van der Waals surface area contributed by atoms with E-state index in [1.807, 2.05) is 4.72 Å². The highest BCUT2D eigenvalue weighted by atomic mass is 32.2. The second kappa shape index (κ2) is 6.35. The van der Waals surface area contributed by atoms with Crippen LogP contribution in [-0.2, 0) is 14.9 Å². The van der Waals surface area contributed by atoms with Crippen molar-refractivity contribution in [2.24, 2.45) is 0 Å². The van der Waals surface area contributed by atoms with Crippen LogP contribution in [-0.4, -0.2) is 52.6 Å². The zero-order valence-electron chi connectivity index (χ0n) is 8.41. The average Bonchev–Trinajstić information content (AvgIpc) is 2.13. The van der Waals surface area contributed by atoms with Crippen LogP contribution in [0.1, 0.15) is 0 Å². The summed E-state index contributed by atoms with van der Waals surface area (Å²) in [6, 6.07) is 0. The van der Waals surface area contributed by atoms with Gasteiger partial charge in [-0.3, -0.25) is 0 Å². The molecule has 6 nitrogen and oxygen atoms in total. The molecule has 0 amide bonds. The van der Waals surface area contributed by atoms with E-state index >= 15 is 0 Å². The van der Waals surface area contributed by atoms with Gasteiger partial charge in [0.2, 0.25) is 0 Å². The molecule has 1 atom stereocenters. The Balaban J connectivity index is 4.00. The number of aliphatic hydroxyl groups is 1. The Kier molecular flexibility index (Phi) is 6.18. The minimum absolute atomic E-state index is 0.0754. The van der Waals surface area contributed by atoms with Gasteiger partial charge in [0.05, 0.1) is 6.61 Å². The topological polar surface area (TPSA) is 87.7 Å². The van der Waals surface area contributed by atoms with Crippen molar-refractivity contribution >= 4 is 10.2 Å². The first-order valence-corrected chi connectivity index (χ1v) is 5.65. The lowest BCUT2D eigenvalue weighted by molar-refractivity contribution is -0.200. The van der Waals surface area contributed by atoms with Gasteiger partial charge in [-0.1, -0.05) is 0 Å². The van der Waals surface area contributed by atoms with Crippen molar-refractivity contribution in [1.82, 2.24) is 9.44 Å². The molecule has 98 valence electrons. The van der Waals surface area contributed by atoms with Crippen LogP contribution in [0, 0.1) is 0 Å². The van der Waals surface area contributed by atoms with Crippen LogP contribution < -0.4 is 9.44 Å². The van der Waals surface area contributed by atoms with Crippen molar-refractivity contribution in [2.75, 3.05) is 26.8 Å². The third-order valence-corrected chi connectivity index (χ3v) is 2.57. The van der Waals surface area contributed by atoms with E-state index < -0.39 is 29.0 Å². The van der Waals surface area contributed by atoms with Crippen molar-refractivity contribution < 1.29 is 31.4 Å². The Morgan fingerprint density at radius 1 is 1.38 bits per heavy atom. The molecule has 0 aliphatic heterocycles. The van der Waals surface area contributed by atoms with Gasteiger partial charge in [0.1, 0.15) is 0 Å². The standard InChI is InChI=1S/C6H13F3N2O4S/c1-15-3-2-10-16(13,14)11-4-5(12)6(7,8)9/h5,10-12H,2-4H2,1H3. The summed E-state index contributed by atoms with van der Waals surface area (Å²) in [5.41, 5.74) is 0. The summed E-state index contributed by atoms with van der Waals surface area (Å²) < 4.78 is 65.4. The summed E-state index contributed by atoms with van der Waals surface area (Å²) in [4.78, 5) is 0. The maximum atomic E-state index is 11.8. The van der Waals surface area contributed by atoms with E-state index in [1.54, 1.807) is 4.72 Å². The van der Waals surface area contributed by atoms with Gasteiger partial charge in [-0.15, -0.1) is 0 Å². The number of hydrogen-bond acceptors (Lipinski definition) is 4. The fourth-order valence-electron chi connectivity index (χ4n) is 0.633. The third-order valence-electron chi connectivity index (χ3n) is 1.44. The van der Waals surface area contributed by atoms with E-state index in [0.717, 1.165) is 0 Å². The predicted octanol–water partition coefficient (Wildman–Crippen LogP) is -1.02. The zero-order chi connectivity index (χ0) is 12.8. The van der Waals surface area contributed by atoms with Crippen molar-refractivity contribution in [3.8, 4) is 0 Å². The van der Waals surface area contributed by atoms with Gasteiger partial charge in [0.15, 0.2) is 6.10 Å². The lowest BCUT2D eigenvalue weighted by Gasteiger charge is -2.15. The average molecular weight is 266 g/mol. The molecule has 0 saturated carbocycles. The Labute approximate surface area is 91.0 Å². The lowest BCUT2D eigenvalue weighted by Crippen LogP contribution is -2.45. The second-order valence-electron chi connectivity index (χ2n) is 2.80. The first-order chi connectivity index (χ1) is 7.19. The molecule has 16 heavy (non-hydrogen) atoms. The van der Waals surface area contributed by atoms with E-state index in [4.69, 9.17) is 5.11 Å². The smallest absolute Gasteiger partial charge is 0.383 e. The number of rotatable bonds is 7. The van der Waals surface area contributed by atoms with Crippen LogP contribution in [0.5, 0.6) is 0 Å². The van der Waals surface area contributed by atoms with Crippen LogP contribution in [0.25, 0.3) is 0 Å². The van der Waals surface area contributed by atoms with Gasteiger partial charge in [0.25, 0.3) is 10.2 Å². The van der Waals surface area contributed by atoms with Crippen LogP contribution in [0.2, 0.25) is 0 Å². The second-order valence-corrected chi connectivity index (χ2v) is 4.38. The minimum atomic E-state index is -4.85. The van der Waals surface area contributed by atoms with Crippen LogP contribution in [0.3, 0.4) is 0 Å². The SMILES string of the molecule is COCCNS(=O)(=O)NCC(O)C(F)(F)F. The van der Waals surface area contributed by atoms with Gasteiger partial charge < -0.3 is 9.84 Å². The maximum absolute atomic E-state index is 11.8. The Morgan fingerprint density at radius 2 is 1.94 bits per heavy atom. The Hall–Kier alpha value is -0.420. The maximum Gasteiger partial charge on any atom is 0.415 e. The molecule has 0 radical (unpaired) electrons. The highest BCUT2D eigenvalue weighted by molar-refractivity contribution is 7.87. The molecule has 0 bridgehead atoms. The predicted molar refractivity (Wildman–Crippen MR) is 48.9 cm³/mol. The summed E-state index contributed by atoms with van der Waals surface area (Å²) in [6.45, 7) is -1.12. The van der Waals surface area contributed by atoms with E-state index in [2.05, 4.69) is 4.74 Å². The summed E-state index contributed by atoms with van der Waals surface area (Å²) in [5.74, 6) is 0. The minimum Gasteiger partial charge on any atom is -0.383 e. The quantitative estimate of drug-likeness (QED) is 0.515. The molecule has 0 spiro atoms. The molecule has 0 saturated heterocycles. The van der Waals surface area contributed by atoms with Gasteiger partial charge in [-0.05, 0) is 0 Å². The Morgan fingerprint density at radius 3 is 2.38 bits per heavy atom. The van der Waals surface area contributed by atoms with Crippen LogP contribution in [0.15, 0.2) is 0 Å². The lowest BCUT2D eigenvalue weighted by atomic mass is 10.4. The fourth-order valence-corrected chi connectivity index (χ4v) is 1.46. The number of nitrogens with one attached hydrogen (secondary N) is 2. The summed E-state index contributed by atoms with van der Waals surface area (Å²) in [5, 5.41) is 8.52. The van der Waals surface area contributed by atoms with Crippen LogP contribution in [0.4, 0.5) is 13.2 Å². The van der Waals surface area contributed by atoms with E-state index in [-0.39, 0.29) is 13.2 Å². The molecule has 10 heteroatoms. The number of methoxy groups -OCH3 is 1. The van der Waals surface area contributed by atoms with Gasteiger partial charge in [-0.25, -0.2) is 0 Å². The van der Waals surface area contributed by atoms with Crippen LogP contribution >= 0.6 is 0 Å². The van der Waals surface area contributed by atoms with Gasteiger partial charge in [0, 0.05) is 20.2 Å². The van der Waals surface area contributed by atoms with Crippen molar-refractivity contribution in [1.29, 1.82) is 0 Å². The molecule has 0 fully saturated rings. The number of halogens is 3. The first kappa shape index (κ1) is 15.6. The first-order valence-electron chi connectivity index (χ1n) is 4.17. The number of alkyl halides is 3. The molecule has 0 aromatic heterocycles. The molecule has 0 rings (SSSR count). The van der Waals surface area contributed by atoms with Crippen molar-refractivity contribution in [3.05, 3.63) is 0 Å². The number of hydrogen-bond donors (Lipinski definition) is 3. The highest BCUT2D eigenvalue weighted by Crippen LogP contribution is 2.19. The van der Waals surface area contributed by atoms with Crippen molar-refractivity contribution in [3.63, 3.8) is 0 Å². The number of aliphatic hydroxyl groups excluding tert-OH is 1. The van der Waals surface area contributed by atoms with Gasteiger partial charge in [-0.2, -0.15) is 31.0 Å². The molecular weight excluding hydrogens is 253 g/mol. The summed E-state index contributed by atoms with van der Waals surface area (Å²) in [6.07, 6.45) is -7.58. The molecular formula is C6H13F3N2O4S. The molecule has 3 N–H and O–H groups in total. The monoisotopic (exact) mass is 266 g/mol. The molecule has 0 aromatic carbocycles. The van der Waals surface area contributed by atoms with E-state index in [0.29, 0.717) is 0 Å². The molecule has 0 heterocycles. The van der Waals surface area contributed by atoms with E-state index in [1.165, 1.54) is 7.11 Å². The zero-order valence-corrected chi connectivity index (χ0v) is 9.23.